The Kier molecular flexibility index (Phi) is 12.2. The van der Waals surface area contributed by atoms with Crippen molar-refractivity contribution in [2.45, 2.75) is 44.9 Å². The Balaban J connectivity index is 1.19. The van der Waals surface area contributed by atoms with Crippen LogP contribution in [0.3, 0.4) is 0 Å². The van der Waals surface area contributed by atoms with Gasteiger partial charge in [0.05, 0.1) is 52.9 Å². The van der Waals surface area contributed by atoms with Gasteiger partial charge < -0.3 is 24.3 Å². The van der Waals surface area contributed by atoms with E-state index in [4.69, 9.17) is 18.9 Å². The predicted octanol–water partition coefficient (Wildman–Crippen LogP) is 2.20. The zero-order valence-corrected chi connectivity index (χ0v) is 16.2. The van der Waals surface area contributed by atoms with Crippen LogP contribution in [-0.4, -0.2) is 71.7 Å². The monoisotopic (exact) mass is 371 g/mol. The first-order valence-corrected chi connectivity index (χ1v) is 10.4. The Labute approximate surface area is 158 Å². The van der Waals surface area contributed by atoms with Crippen LogP contribution in [0.25, 0.3) is 0 Å². The molecule has 0 aromatic rings. The van der Waals surface area contributed by atoms with Gasteiger partial charge in [-0.25, -0.2) is 0 Å². The van der Waals surface area contributed by atoms with Crippen LogP contribution in [0.15, 0.2) is 0 Å². The van der Waals surface area contributed by atoms with Crippen molar-refractivity contribution in [1.82, 2.24) is 5.32 Å². The number of ketones is 1. The molecule has 0 amide bonds. The quantitative estimate of drug-likeness (QED) is 0.351. The Morgan fingerprint density at radius 1 is 0.731 bits per heavy atom. The molecule has 0 saturated heterocycles. The highest BCUT2D eigenvalue weighted by Gasteiger charge is 2.20. The van der Waals surface area contributed by atoms with Gasteiger partial charge in [-0.05, 0) is 31.2 Å². The maximum absolute atomic E-state index is 11.7. The molecule has 2 aliphatic carbocycles. The summed E-state index contributed by atoms with van der Waals surface area (Å²) in [7, 11) is 0. The minimum Gasteiger partial charge on any atom is -0.379 e. The van der Waals surface area contributed by atoms with Crippen LogP contribution in [0.5, 0.6) is 0 Å². The maximum atomic E-state index is 11.7. The van der Waals surface area contributed by atoms with E-state index in [1.54, 1.807) is 0 Å². The number of carbonyl (C=O) groups excluding carboxylic acids is 1. The van der Waals surface area contributed by atoms with Crippen LogP contribution in [0.1, 0.15) is 44.9 Å². The van der Waals surface area contributed by atoms with Gasteiger partial charge >= 0.3 is 0 Å². The molecule has 0 radical (unpaired) electrons. The highest BCUT2D eigenvalue weighted by atomic mass is 16.6. The summed E-state index contributed by atoms with van der Waals surface area (Å²) in [6, 6.07) is 0. The van der Waals surface area contributed by atoms with Crippen molar-refractivity contribution in [3.63, 3.8) is 0 Å². The van der Waals surface area contributed by atoms with E-state index in [-0.39, 0.29) is 0 Å². The van der Waals surface area contributed by atoms with Crippen LogP contribution in [-0.2, 0) is 23.7 Å². The molecule has 0 aromatic carbocycles. The van der Waals surface area contributed by atoms with Gasteiger partial charge in [-0.15, -0.1) is 0 Å². The van der Waals surface area contributed by atoms with E-state index in [9.17, 15) is 4.79 Å². The lowest BCUT2D eigenvalue weighted by Crippen LogP contribution is -2.22. The fourth-order valence-corrected chi connectivity index (χ4v) is 2.84. The minimum absolute atomic E-state index is 0.338. The normalized spacial score (nSPS) is 17.4. The average Bonchev–Trinajstić information content (AvgIpc) is 3.42. The maximum Gasteiger partial charge on any atom is 0.135 e. The van der Waals surface area contributed by atoms with Gasteiger partial charge in [0.25, 0.3) is 0 Å². The summed E-state index contributed by atoms with van der Waals surface area (Å²) in [6.45, 7) is 6.76. The molecule has 1 N–H and O–H groups in total. The van der Waals surface area contributed by atoms with Crippen molar-refractivity contribution in [3.05, 3.63) is 0 Å². The molecule has 2 rings (SSSR count). The third-order valence-electron chi connectivity index (χ3n) is 4.94. The Hall–Kier alpha value is -0.530. The molecule has 0 atom stereocenters. The Morgan fingerprint density at radius 2 is 1.31 bits per heavy atom. The number of carbonyl (C=O) groups is 1. The predicted molar refractivity (Wildman–Crippen MR) is 100 cm³/mol. The second-order valence-corrected chi connectivity index (χ2v) is 7.39. The molecule has 6 heteroatoms. The van der Waals surface area contributed by atoms with Crippen LogP contribution in [0, 0.1) is 11.8 Å². The average molecular weight is 372 g/mol. The summed E-state index contributed by atoms with van der Waals surface area (Å²) >= 11 is 0. The van der Waals surface area contributed by atoms with Crippen molar-refractivity contribution in [2.24, 2.45) is 11.8 Å². The van der Waals surface area contributed by atoms with Gasteiger partial charge in [-0.2, -0.15) is 0 Å². The molecule has 0 aliphatic heterocycles. The molecule has 0 bridgehead atoms. The van der Waals surface area contributed by atoms with Gasteiger partial charge in [0, 0.05) is 19.4 Å². The lowest BCUT2D eigenvalue weighted by molar-refractivity contribution is -0.121. The van der Waals surface area contributed by atoms with E-state index in [0.717, 1.165) is 32.0 Å². The van der Waals surface area contributed by atoms with Crippen molar-refractivity contribution < 1.29 is 23.7 Å². The number of nitrogens with one attached hydrogen (secondary N) is 1. The third kappa shape index (κ3) is 12.0. The summed E-state index contributed by atoms with van der Waals surface area (Å²) in [6.07, 6.45) is 7.80. The van der Waals surface area contributed by atoms with Gasteiger partial charge in [0.1, 0.15) is 5.78 Å². The first kappa shape index (κ1) is 21.8. The van der Waals surface area contributed by atoms with E-state index >= 15 is 0 Å². The number of rotatable bonds is 19. The van der Waals surface area contributed by atoms with E-state index < -0.39 is 0 Å². The van der Waals surface area contributed by atoms with E-state index in [1.807, 2.05) is 0 Å². The van der Waals surface area contributed by atoms with Crippen LogP contribution in [0.4, 0.5) is 0 Å². The zero-order chi connectivity index (χ0) is 18.3. The molecule has 2 saturated carbocycles. The second-order valence-electron chi connectivity index (χ2n) is 7.39. The van der Waals surface area contributed by atoms with Gasteiger partial charge in [-0.3, -0.25) is 4.79 Å². The van der Waals surface area contributed by atoms with Crippen LogP contribution < -0.4 is 5.32 Å². The first-order chi connectivity index (χ1) is 12.8. The molecule has 0 unspecified atom stereocenters. The molecule has 2 fully saturated rings. The van der Waals surface area contributed by atoms with Crippen LogP contribution >= 0.6 is 0 Å². The number of hydrogen-bond donors (Lipinski definition) is 1. The topological polar surface area (TPSA) is 66.0 Å². The highest BCUT2D eigenvalue weighted by molar-refractivity contribution is 5.78. The largest absolute Gasteiger partial charge is 0.379 e. The standard InChI is InChI=1S/C20H37NO5/c22-20(16-18-2-1-3-18)6-8-23-10-12-25-14-15-26-13-11-24-9-7-21-17-19-4-5-19/h18-19,21H,1-17H2. The molecular formula is C20H37NO5. The van der Waals surface area contributed by atoms with Crippen LogP contribution in [0.2, 0.25) is 0 Å². The molecule has 152 valence electrons. The molecule has 0 aromatic heterocycles. The summed E-state index contributed by atoms with van der Waals surface area (Å²) in [5.74, 6) is 1.91. The molecule has 26 heavy (non-hydrogen) atoms. The molecule has 2 aliphatic rings. The van der Waals surface area contributed by atoms with Crippen molar-refractivity contribution in [1.29, 1.82) is 0 Å². The fourth-order valence-electron chi connectivity index (χ4n) is 2.84. The van der Waals surface area contributed by atoms with E-state index in [0.29, 0.717) is 64.4 Å². The molecular weight excluding hydrogens is 334 g/mol. The van der Waals surface area contributed by atoms with E-state index in [2.05, 4.69) is 5.32 Å². The minimum atomic E-state index is 0.338. The Bertz CT molecular complexity index is 358. The van der Waals surface area contributed by atoms with Gasteiger partial charge in [-0.1, -0.05) is 19.3 Å². The molecule has 0 heterocycles. The number of hydrogen-bond acceptors (Lipinski definition) is 6. The zero-order valence-electron chi connectivity index (χ0n) is 16.2. The van der Waals surface area contributed by atoms with Gasteiger partial charge in [0.15, 0.2) is 0 Å². The van der Waals surface area contributed by atoms with Crippen molar-refractivity contribution >= 4 is 5.78 Å². The lowest BCUT2D eigenvalue weighted by atomic mass is 9.81. The SMILES string of the molecule is O=C(CCOCCOCCOCCOCCNCC1CC1)CC1CCC1. The number of Topliss-reactive ketones (excluding diaryl/α,β-unsaturated/α-hetero) is 1. The first-order valence-electron chi connectivity index (χ1n) is 10.4. The van der Waals surface area contributed by atoms with Gasteiger partial charge in [0.2, 0.25) is 0 Å². The summed E-state index contributed by atoms with van der Waals surface area (Å²) in [5, 5.41) is 3.39. The molecule has 0 spiro atoms. The van der Waals surface area contributed by atoms with Crippen molar-refractivity contribution in [3.8, 4) is 0 Å². The summed E-state index contributed by atoms with van der Waals surface area (Å²) in [4.78, 5) is 11.7. The van der Waals surface area contributed by atoms with E-state index in [1.165, 1.54) is 32.1 Å². The third-order valence-corrected chi connectivity index (χ3v) is 4.94. The lowest BCUT2D eigenvalue weighted by Gasteiger charge is -2.24. The Morgan fingerprint density at radius 3 is 1.85 bits per heavy atom. The second kappa shape index (κ2) is 14.5. The smallest absolute Gasteiger partial charge is 0.135 e. The summed E-state index contributed by atoms with van der Waals surface area (Å²) in [5.41, 5.74) is 0. The molecule has 6 nitrogen and oxygen atoms in total. The van der Waals surface area contributed by atoms with Crippen molar-refractivity contribution in [2.75, 3.05) is 65.9 Å². The summed E-state index contributed by atoms with van der Waals surface area (Å²) < 4.78 is 21.8. The number of ether oxygens (including phenoxy) is 4. The fraction of sp³-hybridized carbons (Fsp3) is 0.950. The highest BCUT2D eigenvalue weighted by Crippen LogP contribution is 2.29.